The minimum absolute atomic E-state index is 0.0643. The zero-order valence-electron chi connectivity index (χ0n) is 15.3. The molecule has 0 saturated heterocycles. The van der Waals surface area contributed by atoms with Gasteiger partial charge in [-0.3, -0.25) is 9.69 Å². The van der Waals surface area contributed by atoms with Crippen LogP contribution in [-0.2, 0) is 16.0 Å². The first-order chi connectivity index (χ1) is 11.7. The molecule has 0 aliphatic rings. The molecule has 1 aromatic rings. The highest BCUT2D eigenvalue weighted by atomic mass is 16.5. The van der Waals surface area contributed by atoms with Gasteiger partial charge in [0.05, 0.1) is 13.2 Å². The number of unbranched alkanes of at least 4 members (excludes halogenated alkanes) is 1. The lowest BCUT2D eigenvalue weighted by molar-refractivity contribution is -0.121. The molecular weight excluding hydrogens is 304 g/mol. The van der Waals surface area contributed by atoms with Gasteiger partial charge < -0.3 is 14.8 Å². The molecule has 0 aromatic heterocycles. The second kappa shape index (κ2) is 12.8. The van der Waals surface area contributed by atoms with Crippen LogP contribution in [0.4, 0.5) is 0 Å². The third-order valence-corrected chi connectivity index (χ3v) is 3.73. The molecule has 5 heteroatoms. The van der Waals surface area contributed by atoms with Crippen molar-refractivity contribution < 1.29 is 14.3 Å². The first-order valence-corrected chi connectivity index (χ1v) is 8.81. The van der Waals surface area contributed by atoms with E-state index >= 15 is 0 Å². The van der Waals surface area contributed by atoms with Gasteiger partial charge in [-0.1, -0.05) is 25.5 Å². The number of hydrogen-bond donors (Lipinski definition) is 1. The summed E-state index contributed by atoms with van der Waals surface area (Å²) in [5.74, 6) is 0.975. The average molecular weight is 336 g/mol. The molecule has 0 bridgehead atoms. The molecule has 0 saturated carbocycles. The highest BCUT2D eigenvalue weighted by molar-refractivity contribution is 5.77. The van der Waals surface area contributed by atoms with E-state index in [4.69, 9.17) is 9.47 Å². The van der Waals surface area contributed by atoms with Crippen LogP contribution in [0.3, 0.4) is 0 Å². The number of ether oxygens (including phenoxy) is 2. The fourth-order valence-corrected chi connectivity index (χ4v) is 2.29. The maximum absolute atomic E-state index is 11.9. The molecule has 5 nitrogen and oxygen atoms in total. The molecule has 0 unspecified atom stereocenters. The molecule has 1 aromatic carbocycles. The third kappa shape index (κ3) is 9.53. The summed E-state index contributed by atoms with van der Waals surface area (Å²) in [7, 11) is 3.64. The van der Waals surface area contributed by atoms with E-state index in [0.29, 0.717) is 13.1 Å². The molecule has 1 amide bonds. The van der Waals surface area contributed by atoms with Gasteiger partial charge in [0.25, 0.3) is 0 Å². The van der Waals surface area contributed by atoms with Gasteiger partial charge in [-0.25, -0.2) is 0 Å². The fourth-order valence-electron chi connectivity index (χ4n) is 2.29. The Morgan fingerprint density at radius 3 is 2.58 bits per heavy atom. The van der Waals surface area contributed by atoms with Crippen molar-refractivity contribution in [3.63, 3.8) is 0 Å². The van der Waals surface area contributed by atoms with E-state index in [-0.39, 0.29) is 5.91 Å². The number of rotatable bonds is 13. The van der Waals surface area contributed by atoms with E-state index in [2.05, 4.69) is 24.4 Å². The SMILES string of the molecule is CCCCOc1ccc(CCNC(=O)CN(C)CCCOC)cc1. The summed E-state index contributed by atoms with van der Waals surface area (Å²) < 4.78 is 10.7. The van der Waals surface area contributed by atoms with E-state index < -0.39 is 0 Å². The van der Waals surface area contributed by atoms with Crippen LogP contribution < -0.4 is 10.1 Å². The minimum Gasteiger partial charge on any atom is -0.494 e. The van der Waals surface area contributed by atoms with Crippen LogP contribution >= 0.6 is 0 Å². The first kappa shape index (κ1) is 20.5. The van der Waals surface area contributed by atoms with Gasteiger partial charge in [0, 0.05) is 26.8 Å². The summed E-state index contributed by atoms with van der Waals surface area (Å²) in [5, 5.41) is 2.97. The normalized spacial score (nSPS) is 10.8. The lowest BCUT2D eigenvalue weighted by Crippen LogP contribution is -2.36. The molecule has 0 radical (unpaired) electrons. The molecule has 24 heavy (non-hydrogen) atoms. The molecular formula is C19H32N2O3. The number of likely N-dealkylation sites (N-methyl/N-ethyl adjacent to an activating group) is 1. The lowest BCUT2D eigenvalue weighted by Gasteiger charge is -2.15. The third-order valence-electron chi connectivity index (χ3n) is 3.73. The Bertz CT molecular complexity index is 448. The van der Waals surface area contributed by atoms with Gasteiger partial charge in [-0.15, -0.1) is 0 Å². The highest BCUT2D eigenvalue weighted by Gasteiger charge is 2.05. The van der Waals surface area contributed by atoms with Gasteiger partial charge in [0.2, 0.25) is 5.91 Å². The van der Waals surface area contributed by atoms with Crippen molar-refractivity contribution in [3.8, 4) is 5.75 Å². The molecule has 0 heterocycles. The molecule has 0 aliphatic carbocycles. The number of carbonyl (C=O) groups excluding carboxylic acids is 1. The topological polar surface area (TPSA) is 50.8 Å². The second-order valence-corrected chi connectivity index (χ2v) is 6.03. The van der Waals surface area contributed by atoms with Crippen molar-refractivity contribution in [3.05, 3.63) is 29.8 Å². The minimum atomic E-state index is 0.0643. The van der Waals surface area contributed by atoms with Crippen LogP contribution in [-0.4, -0.2) is 57.8 Å². The zero-order valence-corrected chi connectivity index (χ0v) is 15.3. The maximum atomic E-state index is 11.9. The number of methoxy groups -OCH3 is 1. The summed E-state index contributed by atoms with van der Waals surface area (Å²) in [5.41, 5.74) is 1.20. The summed E-state index contributed by atoms with van der Waals surface area (Å²) in [6.07, 6.45) is 3.98. The number of carbonyl (C=O) groups is 1. The van der Waals surface area contributed by atoms with Gasteiger partial charge >= 0.3 is 0 Å². The van der Waals surface area contributed by atoms with Gasteiger partial charge in [-0.2, -0.15) is 0 Å². The quantitative estimate of drug-likeness (QED) is 0.562. The van der Waals surface area contributed by atoms with Crippen LogP contribution in [0, 0.1) is 0 Å². The van der Waals surface area contributed by atoms with E-state index in [1.165, 1.54) is 5.56 Å². The molecule has 136 valence electrons. The average Bonchev–Trinajstić information content (AvgIpc) is 2.57. The Morgan fingerprint density at radius 2 is 1.92 bits per heavy atom. The van der Waals surface area contributed by atoms with Crippen molar-refractivity contribution in [2.24, 2.45) is 0 Å². The number of hydrogen-bond acceptors (Lipinski definition) is 4. The van der Waals surface area contributed by atoms with Crippen LogP contribution in [0.5, 0.6) is 5.75 Å². The molecule has 0 aliphatic heterocycles. The van der Waals surface area contributed by atoms with E-state index in [1.54, 1.807) is 7.11 Å². The van der Waals surface area contributed by atoms with Crippen LogP contribution in [0.25, 0.3) is 0 Å². The Hall–Kier alpha value is -1.59. The van der Waals surface area contributed by atoms with Gasteiger partial charge in [0.1, 0.15) is 5.75 Å². The Morgan fingerprint density at radius 1 is 1.17 bits per heavy atom. The largest absolute Gasteiger partial charge is 0.494 e. The first-order valence-electron chi connectivity index (χ1n) is 8.81. The number of benzene rings is 1. The van der Waals surface area contributed by atoms with Gasteiger partial charge in [-0.05, 0) is 44.0 Å². The van der Waals surface area contributed by atoms with Crippen molar-refractivity contribution in [2.45, 2.75) is 32.6 Å². The van der Waals surface area contributed by atoms with Crippen molar-refractivity contribution in [1.82, 2.24) is 10.2 Å². The van der Waals surface area contributed by atoms with Crippen molar-refractivity contribution in [2.75, 3.05) is 47.0 Å². The zero-order chi connectivity index (χ0) is 17.6. The van der Waals surface area contributed by atoms with E-state index in [9.17, 15) is 4.79 Å². The Balaban J connectivity index is 2.18. The van der Waals surface area contributed by atoms with Crippen LogP contribution in [0.2, 0.25) is 0 Å². The summed E-state index contributed by atoms with van der Waals surface area (Å²) in [6.45, 7) is 5.58. The van der Waals surface area contributed by atoms with Crippen molar-refractivity contribution >= 4 is 5.91 Å². The summed E-state index contributed by atoms with van der Waals surface area (Å²) >= 11 is 0. The van der Waals surface area contributed by atoms with E-state index in [1.807, 2.05) is 24.1 Å². The molecule has 1 N–H and O–H groups in total. The molecule has 1 rings (SSSR count). The molecule has 0 atom stereocenters. The summed E-state index contributed by atoms with van der Waals surface area (Å²) in [6, 6.07) is 8.11. The smallest absolute Gasteiger partial charge is 0.234 e. The molecule has 0 fully saturated rings. The fraction of sp³-hybridized carbons (Fsp3) is 0.632. The monoisotopic (exact) mass is 336 g/mol. The lowest BCUT2D eigenvalue weighted by atomic mass is 10.1. The Labute approximate surface area is 146 Å². The predicted molar refractivity (Wildman–Crippen MR) is 97.5 cm³/mol. The highest BCUT2D eigenvalue weighted by Crippen LogP contribution is 2.12. The van der Waals surface area contributed by atoms with Crippen molar-refractivity contribution in [1.29, 1.82) is 0 Å². The maximum Gasteiger partial charge on any atom is 0.234 e. The number of nitrogens with one attached hydrogen (secondary N) is 1. The Kier molecular flexibility index (Phi) is 10.9. The second-order valence-electron chi connectivity index (χ2n) is 6.03. The van der Waals surface area contributed by atoms with E-state index in [0.717, 1.165) is 51.2 Å². The van der Waals surface area contributed by atoms with Crippen LogP contribution in [0.1, 0.15) is 31.7 Å². The van der Waals surface area contributed by atoms with Gasteiger partial charge in [0.15, 0.2) is 0 Å². The standard InChI is InChI=1S/C19H32N2O3/c1-4-5-15-24-18-9-7-17(8-10-18)11-12-20-19(22)16-21(2)13-6-14-23-3/h7-10H,4-6,11-16H2,1-3H3,(H,20,22). The summed E-state index contributed by atoms with van der Waals surface area (Å²) in [4.78, 5) is 13.9. The number of nitrogens with zero attached hydrogens (tertiary/aromatic N) is 1. The molecule has 0 spiro atoms. The predicted octanol–water partition coefficient (Wildman–Crippen LogP) is 2.49. The van der Waals surface area contributed by atoms with Crippen LogP contribution in [0.15, 0.2) is 24.3 Å². The number of amides is 1.